The monoisotopic (exact) mass is 523 g/mol. The Bertz CT molecular complexity index is 1160. The zero-order chi connectivity index (χ0) is 24.2. The molecule has 2 aliphatic heterocycles. The van der Waals surface area contributed by atoms with Gasteiger partial charge in [-0.05, 0) is 49.8 Å². The lowest BCUT2D eigenvalue weighted by molar-refractivity contribution is -0.528. The Labute approximate surface area is 213 Å². The Hall–Kier alpha value is -2.26. The molecule has 1 spiro atoms. The van der Waals surface area contributed by atoms with Crippen LogP contribution >= 0.6 is 23.2 Å². The van der Waals surface area contributed by atoms with E-state index >= 15 is 4.39 Å². The molecule has 0 unspecified atom stereocenters. The minimum absolute atomic E-state index is 0. The molecule has 2 heterocycles. The van der Waals surface area contributed by atoms with E-state index in [2.05, 4.69) is 5.32 Å². The van der Waals surface area contributed by atoms with Gasteiger partial charge in [0.1, 0.15) is 11.4 Å². The highest BCUT2D eigenvalue weighted by Gasteiger charge is 2.71. The van der Waals surface area contributed by atoms with Gasteiger partial charge in [-0.1, -0.05) is 48.8 Å². The Morgan fingerprint density at radius 2 is 2.00 bits per heavy atom. The smallest absolute Gasteiger partial charge is 0.250 e. The number of aliphatic hydroxyl groups excluding tert-OH is 1. The summed E-state index contributed by atoms with van der Waals surface area (Å²) in [5.41, 5.74) is -0.452. The molecular formula is C25H28Cl2FN3O4. The van der Waals surface area contributed by atoms with Crippen LogP contribution < -0.4 is 5.32 Å². The molecule has 3 aliphatic rings. The van der Waals surface area contributed by atoms with Crippen LogP contribution in [0.3, 0.4) is 0 Å². The number of carbonyl (C=O) groups excluding carboxylic acids is 1. The number of carbonyl (C=O) groups is 1. The van der Waals surface area contributed by atoms with Crippen molar-refractivity contribution in [3.8, 4) is 0 Å². The summed E-state index contributed by atoms with van der Waals surface area (Å²) in [5.74, 6) is -2.03. The average molecular weight is 524 g/mol. The first-order valence-corrected chi connectivity index (χ1v) is 12.1. The first-order chi connectivity index (χ1) is 16.3. The van der Waals surface area contributed by atoms with Crippen LogP contribution in [0.15, 0.2) is 36.4 Å². The number of amides is 1. The van der Waals surface area contributed by atoms with E-state index in [1.54, 1.807) is 24.3 Å². The Morgan fingerprint density at radius 1 is 1.26 bits per heavy atom. The molecule has 2 aromatic rings. The molecule has 1 amide bonds. The molecule has 0 aromatic heterocycles. The van der Waals surface area contributed by atoms with Gasteiger partial charge in [-0.2, -0.15) is 0 Å². The summed E-state index contributed by atoms with van der Waals surface area (Å²) >= 11 is 12.3. The van der Waals surface area contributed by atoms with Gasteiger partial charge in [-0.3, -0.25) is 19.8 Å². The van der Waals surface area contributed by atoms with Crippen molar-refractivity contribution in [3.05, 3.63) is 73.5 Å². The zero-order valence-electron chi connectivity index (χ0n) is 18.2. The SMILES string of the molecule is C.O=C1Nc2cc(Cl)ccc2[C@@]12[C@@H](c1cccc(Cl)c1F)[C@H]([N+](=O)[O-])[C@H](CCCO)N2CC1CC1. The van der Waals surface area contributed by atoms with Gasteiger partial charge in [0.2, 0.25) is 6.04 Å². The van der Waals surface area contributed by atoms with Gasteiger partial charge >= 0.3 is 0 Å². The van der Waals surface area contributed by atoms with Crippen molar-refractivity contribution in [1.29, 1.82) is 0 Å². The van der Waals surface area contributed by atoms with E-state index in [0.29, 0.717) is 41.6 Å². The number of nitrogens with one attached hydrogen (secondary N) is 1. The normalized spacial score (nSPS) is 27.5. The zero-order valence-corrected chi connectivity index (χ0v) is 19.7. The number of benzene rings is 2. The third-order valence-electron chi connectivity index (χ3n) is 7.40. The van der Waals surface area contributed by atoms with Gasteiger partial charge in [0.05, 0.1) is 17.0 Å². The second-order valence-corrected chi connectivity index (χ2v) is 10.2. The van der Waals surface area contributed by atoms with E-state index in [1.165, 1.54) is 12.1 Å². The van der Waals surface area contributed by atoms with Gasteiger partial charge in [0.25, 0.3) is 5.91 Å². The molecule has 0 radical (unpaired) electrons. The third kappa shape index (κ3) is 4.00. The number of nitro groups is 1. The molecule has 5 rings (SSSR count). The summed E-state index contributed by atoms with van der Waals surface area (Å²) in [6, 6.07) is 7.41. The lowest BCUT2D eigenvalue weighted by Crippen LogP contribution is -2.52. The van der Waals surface area contributed by atoms with Crippen LogP contribution in [-0.4, -0.2) is 46.1 Å². The van der Waals surface area contributed by atoms with Crippen molar-refractivity contribution in [2.45, 2.75) is 56.7 Å². The Balaban J connectivity index is 0.00000289. The lowest BCUT2D eigenvalue weighted by atomic mass is 9.73. The predicted molar refractivity (Wildman–Crippen MR) is 133 cm³/mol. The minimum Gasteiger partial charge on any atom is -0.396 e. The van der Waals surface area contributed by atoms with E-state index < -0.39 is 40.2 Å². The van der Waals surface area contributed by atoms with Crippen LogP contribution in [0.1, 0.15) is 50.2 Å². The van der Waals surface area contributed by atoms with E-state index in [4.69, 9.17) is 23.2 Å². The van der Waals surface area contributed by atoms with Crippen LogP contribution in [0.5, 0.6) is 0 Å². The number of hydrogen-bond donors (Lipinski definition) is 2. The van der Waals surface area contributed by atoms with Gasteiger partial charge < -0.3 is 10.4 Å². The first-order valence-electron chi connectivity index (χ1n) is 11.4. The summed E-state index contributed by atoms with van der Waals surface area (Å²) in [7, 11) is 0. The second kappa shape index (κ2) is 9.65. The number of aliphatic hydroxyl groups is 1. The van der Waals surface area contributed by atoms with Crippen molar-refractivity contribution in [1.82, 2.24) is 4.90 Å². The van der Waals surface area contributed by atoms with Crippen LogP contribution in [-0.2, 0) is 10.3 Å². The number of rotatable bonds is 7. The van der Waals surface area contributed by atoms with Gasteiger partial charge in [0.15, 0.2) is 0 Å². The highest BCUT2D eigenvalue weighted by atomic mass is 35.5. The molecular weight excluding hydrogens is 496 g/mol. The molecule has 188 valence electrons. The van der Waals surface area contributed by atoms with Gasteiger partial charge in [-0.25, -0.2) is 4.39 Å². The first kappa shape index (κ1) is 25.8. The predicted octanol–water partition coefficient (Wildman–Crippen LogP) is 5.21. The fourth-order valence-electron chi connectivity index (χ4n) is 5.90. The minimum atomic E-state index is -1.51. The molecule has 2 fully saturated rings. The standard InChI is InChI=1S/C24H24Cl2FN3O4.CH4/c25-14-8-9-16-18(11-14)28-23(32)24(16)20(15-3-1-4-17(26)21(15)27)22(30(33)34)19(5-2-10-31)29(24)12-13-6-7-13;/h1,3-4,8-9,11,13,19-20,22,31H,2,5-7,10,12H2,(H,28,32);1H4/t19-,20-,22+,24+;/m0./s1. The van der Waals surface area contributed by atoms with Gasteiger partial charge in [-0.15, -0.1) is 0 Å². The number of halogens is 3. The second-order valence-electron chi connectivity index (χ2n) is 9.34. The van der Waals surface area contributed by atoms with E-state index in [0.717, 1.165) is 12.8 Å². The fourth-order valence-corrected chi connectivity index (χ4v) is 6.25. The highest BCUT2D eigenvalue weighted by molar-refractivity contribution is 6.31. The van der Waals surface area contributed by atoms with Crippen molar-refractivity contribution < 1.29 is 19.2 Å². The largest absolute Gasteiger partial charge is 0.396 e. The van der Waals surface area contributed by atoms with E-state index in [1.807, 2.05) is 4.90 Å². The summed E-state index contributed by atoms with van der Waals surface area (Å²) in [4.78, 5) is 28.1. The van der Waals surface area contributed by atoms with Crippen LogP contribution in [0.2, 0.25) is 10.0 Å². The third-order valence-corrected chi connectivity index (χ3v) is 7.92. The number of nitrogens with zero attached hydrogens (tertiary/aromatic N) is 2. The maximum Gasteiger partial charge on any atom is 0.250 e. The Morgan fingerprint density at radius 3 is 2.66 bits per heavy atom. The maximum atomic E-state index is 15.5. The van der Waals surface area contributed by atoms with Crippen LogP contribution in [0.25, 0.3) is 0 Å². The topological polar surface area (TPSA) is 95.7 Å². The molecule has 35 heavy (non-hydrogen) atoms. The van der Waals surface area contributed by atoms with Crippen LogP contribution in [0, 0.1) is 21.8 Å². The summed E-state index contributed by atoms with van der Waals surface area (Å²) in [6.07, 6.45) is 2.55. The molecule has 1 saturated carbocycles. The van der Waals surface area contributed by atoms with Crippen molar-refractivity contribution >= 4 is 34.8 Å². The van der Waals surface area contributed by atoms with Crippen molar-refractivity contribution in [3.63, 3.8) is 0 Å². The lowest BCUT2D eigenvalue weighted by Gasteiger charge is -2.39. The number of hydrogen-bond acceptors (Lipinski definition) is 5. The van der Waals surface area contributed by atoms with Crippen LogP contribution in [0.4, 0.5) is 10.1 Å². The molecule has 2 aromatic carbocycles. The molecule has 4 atom stereocenters. The highest BCUT2D eigenvalue weighted by Crippen LogP contribution is 2.59. The quantitative estimate of drug-likeness (QED) is 0.383. The molecule has 7 nitrogen and oxygen atoms in total. The molecule has 1 saturated heterocycles. The molecule has 1 aliphatic carbocycles. The van der Waals surface area contributed by atoms with Crippen molar-refractivity contribution in [2.24, 2.45) is 5.92 Å². The number of fused-ring (bicyclic) bond motifs is 2. The van der Waals surface area contributed by atoms with Crippen molar-refractivity contribution in [2.75, 3.05) is 18.5 Å². The molecule has 10 heteroatoms. The van der Waals surface area contributed by atoms with E-state index in [-0.39, 0.29) is 24.6 Å². The molecule has 2 N–H and O–H groups in total. The average Bonchev–Trinajstić information content (AvgIpc) is 3.50. The van der Waals surface area contributed by atoms with E-state index in [9.17, 15) is 20.0 Å². The fraction of sp³-hybridized carbons (Fsp3) is 0.480. The summed E-state index contributed by atoms with van der Waals surface area (Å²) in [6.45, 7) is 0.328. The summed E-state index contributed by atoms with van der Waals surface area (Å²) in [5, 5.41) is 25.3. The maximum absolute atomic E-state index is 15.5. The van der Waals surface area contributed by atoms with Gasteiger partial charge in [0, 0.05) is 39.9 Å². The Kier molecular flexibility index (Phi) is 7.12. The molecule has 0 bridgehead atoms. The number of anilines is 1. The number of likely N-dealkylation sites (tertiary alicyclic amines) is 1. The summed E-state index contributed by atoms with van der Waals surface area (Å²) < 4.78 is 15.5.